The molecule has 0 aliphatic carbocycles. The highest BCUT2D eigenvalue weighted by molar-refractivity contribution is 7.86. The molecule has 8 nitrogen and oxygen atoms in total. The second-order valence-electron chi connectivity index (χ2n) is 5.79. The van der Waals surface area contributed by atoms with E-state index in [9.17, 15) is 17.1 Å². The molecule has 1 saturated heterocycles. The van der Waals surface area contributed by atoms with E-state index >= 15 is 0 Å². The Hall–Kier alpha value is -2.36. The number of halogens is 1. The van der Waals surface area contributed by atoms with Crippen molar-refractivity contribution in [3.05, 3.63) is 42.2 Å². The van der Waals surface area contributed by atoms with Gasteiger partial charge in [0.15, 0.2) is 0 Å². The third kappa shape index (κ3) is 3.94. The van der Waals surface area contributed by atoms with E-state index in [4.69, 9.17) is 0 Å². The molecule has 2 heterocycles. The maximum Gasteiger partial charge on any atom is 0.302 e. The molecule has 1 atom stereocenters. The van der Waals surface area contributed by atoms with Crippen LogP contribution in [0.25, 0.3) is 0 Å². The standard InChI is InChI=1S/C14H16FN5O3S/c15-24(22,23)9-11-7-19(8-11)14(21)6-13(20-10-16-17-18-20)12-4-2-1-3-5-12/h1-5,10-11,13H,6-9H2. The van der Waals surface area contributed by atoms with Gasteiger partial charge in [-0.1, -0.05) is 30.3 Å². The van der Waals surface area contributed by atoms with E-state index in [0.717, 1.165) is 5.56 Å². The zero-order valence-electron chi connectivity index (χ0n) is 12.7. The highest BCUT2D eigenvalue weighted by Crippen LogP contribution is 2.25. The van der Waals surface area contributed by atoms with Crippen molar-refractivity contribution in [1.82, 2.24) is 25.1 Å². The van der Waals surface area contributed by atoms with Gasteiger partial charge in [0.25, 0.3) is 0 Å². The molecule has 0 saturated carbocycles. The number of amides is 1. The lowest BCUT2D eigenvalue weighted by Crippen LogP contribution is -2.52. The highest BCUT2D eigenvalue weighted by Gasteiger charge is 2.35. The van der Waals surface area contributed by atoms with Crippen LogP contribution in [0.1, 0.15) is 18.0 Å². The number of hydrogen-bond donors (Lipinski definition) is 0. The van der Waals surface area contributed by atoms with Gasteiger partial charge in [-0.15, -0.1) is 8.98 Å². The second-order valence-corrected chi connectivity index (χ2v) is 7.20. The molecule has 1 aromatic heterocycles. The largest absolute Gasteiger partial charge is 0.342 e. The Bertz CT molecular complexity index is 791. The summed E-state index contributed by atoms with van der Waals surface area (Å²) in [5.41, 5.74) is 0.890. The van der Waals surface area contributed by atoms with E-state index in [-0.39, 0.29) is 37.4 Å². The average molecular weight is 353 g/mol. The molecule has 128 valence electrons. The maximum atomic E-state index is 12.6. The van der Waals surface area contributed by atoms with Gasteiger partial charge in [-0.3, -0.25) is 4.79 Å². The SMILES string of the molecule is O=C(CC(c1ccccc1)n1cnnn1)N1CC(CS(=O)(=O)F)C1. The van der Waals surface area contributed by atoms with Crippen LogP contribution < -0.4 is 0 Å². The van der Waals surface area contributed by atoms with Crippen molar-refractivity contribution in [2.24, 2.45) is 5.92 Å². The molecule has 1 aliphatic heterocycles. The zero-order chi connectivity index (χ0) is 17.2. The fraction of sp³-hybridized carbons (Fsp3) is 0.429. The molecule has 10 heteroatoms. The van der Waals surface area contributed by atoms with Crippen LogP contribution in [-0.4, -0.2) is 58.3 Å². The van der Waals surface area contributed by atoms with E-state index in [1.807, 2.05) is 30.3 Å². The third-order valence-corrected chi connectivity index (χ3v) is 4.85. The minimum Gasteiger partial charge on any atom is -0.342 e. The topological polar surface area (TPSA) is 98.1 Å². The number of aromatic nitrogens is 4. The van der Waals surface area contributed by atoms with Gasteiger partial charge < -0.3 is 4.90 Å². The molecule has 1 aliphatic rings. The van der Waals surface area contributed by atoms with Crippen molar-refractivity contribution in [3.8, 4) is 0 Å². The number of nitrogens with zero attached hydrogens (tertiary/aromatic N) is 5. The van der Waals surface area contributed by atoms with Crippen molar-refractivity contribution in [3.63, 3.8) is 0 Å². The summed E-state index contributed by atoms with van der Waals surface area (Å²) in [6, 6.07) is 9.02. The van der Waals surface area contributed by atoms with Crippen molar-refractivity contribution in [2.75, 3.05) is 18.8 Å². The number of carbonyl (C=O) groups is 1. The molecule has 0 bridgehead atoms. The fourth-order valence-corrected chi connectivity index (χ4v) is 3.58. The molecule has 24 heavy (non-hydrogen) atoms. The lowest BCUT2D eigenvalue weighted by atomic mass is 9.99. The lowest BCUT2D eigenvalue weighted by molar-refractivity contribution is -0.137. The quantitative estimate of drug-likeness (QED) is 0.698. The number of benzene rings is 1. The minimum absolute atomic E-state index is 0.143. The second kappa shape index (κ2) is 6.63. The molecule has 0 radical (unpaired) electrons. The van der Waals surface area contributed by atoms with Crippen molar-refractivity contribution < 1.29 is 17.1 Å². The molecule has 0 N–H and O–H groups in total. The first-order chi connectivity index (χ1) is 11.4. The monoisotopic (exact) mass is 353 g/mol. The predicted octanol–water partition coefficient (Wildman–Crippen LogP) is 0.410. The Morgan fingerprint density at radius 1 is 1.29 bits per heavy atom. The number of hydrogen-bond acceptors (Lipinski definition) is 6. The third-order valence-electron chi connectivity index (χ3n) is 3.98. The van der Waals surface area contributed by atoms with Crippen LogP contribution in [0.3, 0.4) is 0 Å². The number of carbonyl (C=O) groups excluding carboxylic acids is 1. The molecular weight excluding hydrogens is 337 g/mol. The smallest absolute Gasteiger partial charge is 0.302 e. The summed E-state index contributed by atoms with van der Waals surface area (Å²) in [6.07, 6.45) is 1.59. The van der Waals surface area contributed by atoms with Crippen LogP contribution in [0, 0.1) is 5.92 Å². The predicted molar refractivity (Wildman–Crippen MR) is 82.0 cm³/mol. The number of rotatable bonds is 6. The Morgan fingerprint density at radius 2 is 2.00 bits per heavy atom. The van der Waals surface area contributed by atoms with Crippen LogP contribution in [0.5, 0.6) is 0 Å². The van der Waals surface area contributed by atoms with E-state index < -0.39 is 16.0 Å². The van der Waals surface area contributed by atoms with Crippen molar-refractivity contribution in [2.45, 2.75) is 12.5 Å². The van der Waals surface area contributed by atoms with Gasteiger partial charge in [-0.2, -0.15) is 8.42 Å². The Balaban J connectivity index is 1.65. The molecule has 0 spiro atoms. The Morgan fingerprint density at radius 3 is 2.58 bits per heavy atom. The van der Waals surface area contributed by atoms with E-state index in [2.05, 4.69) is 15.5 Å². The van der Waals surface area contributed by atoms with E-state index in [1.54, 1.807) is 0 Å². The van der Waals surface area contributed by atoms with Crippen LogP contribution >= 0.6 is 0 Å². The molecule has 1 aromatic carbocycles. The van der Waals surface area contributed by atoms with Gasteiger partial charge in [0, 0.05) is 19.0 Å². The highest BCUT2D eigenvalue weighted by atomic mass is 32.3. The van der Waals surface area contributed by atoms with Crippen LogP contribution in [0.15, 0.2) is 36.7 Å². The number of likely N-dealkylation sites (tertiary alicyclic amines) is 1. The Labute approximate surface area is 138 Å². The maximum absolute atomic E-state index is 12.6. The van der Waals surface area contributed by atoms with Gasteiger partial charge in [0.2, 0.25) is 5.91 Å². The molecular formula is C14H16FN5O3S. The lowest BCUT2D eigenvalue weighted by Gasteiger charge is -2.39. The Kier molecular flexibility index (Phi) is 4.56. The van der Waals surface area contributed by atoms with E-state index in [1.165, 1.54) is 15.9 Å². The average Bonchev–Trinajstić information content (AvgIpc) is 3.02. The van der Waals surface area contributed by atoms with Gasteiger partial charge in [0.1, 0.15) is 6.33 Å². The molecule has 1 unspecified atom stereocenters. The zero-order valence-corrected chi connectivity index (χ0v) is 13.5. The molecule has 1 fully saturated rings. The fourth-order valence-electron chi connectivity index (χ4n) is 2.81. The summed E-state index contributed by atoms with van der Waals surface area (Å²) in [5.74, 6) is -1.02. The summed E-state index contributed by atoms with van der Waals surface area (Å²) < 4.78 is 35.4. The van der Waals surface area contributed by atoms with Gasteiger partial charge in [-0.05, 0) is 16.0 Å². The van der Waals surface area contributed by atoms with Crippen LogP contribution in [0.2, 0.25) is 0 Å². The van der Waals surface area contributed by atoms with Crippen LogP contribution in [0.4, 0.5) is 3.89 Å². The molecule has 2 aromatic rings. The van der Waals surface area contributed by atoms with Gasteiger partial charge in [-0.25, -0.2) is 4.68 Å². The number of tetrazole rings is 1. The first-order valence-corrected chi connectivity index (χ1v) is 8.95. The summed E-state index contributed by atoms with van der Waals surface area (Å²) >= 11 is 0. The first kappa shape index (κ1) is 16.5. The normalized spacial score (nSPS) is 16.6. The van der Waals surface area contributed by atoms with Gasteiger partial charge >= 0.3 is 10.2 Å². The molecule has 3 rings (SSSR count). The summed E-state index contributed by atoms with van der Waals surface area (Å²) in [5, 5.41) is 11.1. The minimum atomic E-state index is -4.50. The summed E-state index contributed by atoms with van der Waals surface area (Å²) in [4.78, 5) is 13.9. The first-order valence-electron chi connectivity index (χ1n) is 7.40. The summed E-state index contributed by atoms with van der Waals surface area (Å²) in [7, 11) is -4.50. The van der Waals surface area contributed by atoms with E-state index in [0.29, 0.717) is 0 Å². The van der Waals surface area contributed by atoms with Crippen molar-refractivity contribution >= 4 is 16.1 Å². The van der Waals surface area contributed by atoms with Crippen molar-refractivity contribution in [1.29, 1.82) is 0 Å². The summed E-state index contributed by atoms with van der Waals surface area (Å²) in [6.45, 7) is 0.498. The van der Waals surface area contributed by atoms with Crippen LogP contribution in [-0.2, 0) is 15.0 Å². The van der Waals surface area contributed by atoms with Gasteiger partial charge in [0.05, 0.1) is 18.2 Å². The molecule has 1 amide bonds.